The average Bonchev–Trinajstić information content (AvgIpc) is 2.31. The third kappa shape index (κ3) is 2.89. The number of anilines is 1. The lowest BCUT2D eigenvalue weighted by molar-refractivity contribution is 0.0831. The van der Waals surface area contributed by atoms with Gasteiger partial charge in [-0.1, -0.05) is 11.6 Å². The summed E-state index contributed by atoms with van der Waals surface area (Å²) in [5, 5.41) is 36.4. The molecule has 1 aromatic rings. The topological polar surface area (TPSA) is 111 Å². The summed E-state index contributed by atoms with van der Waals surface area (Å²) in [5.41, 5.74) is -1.34. The maximum atomic E-state index is 9.08. The molecule has 0 aromatic carbocycles. The smallest absolute Gasteiger partial charge is 0.245 e. The van der Waals surface area contributed by atoms with Gasteiger partial charge in [-0.2, -0.15) is 4.98 Å². The van der Waals surface area contributed by atoms with Gasteiger partial charge in [0.25, 0.3) is 0 Å². The Morgan fingerprint density at radius 3 is 2.12 bits per heavy atom. The van der Waals surface area contributed by atoms with Gasteiger partial charge in [0.2, 0.25) is 5.28 Å². The van der Waals surface area contributed by atoms with Crippen LogP contribution in [0.15, 0.2) is 0 Å². The second-order valence-corrected chi connectivity index (χ2v) is 3.80. The molecule has 0 unspecified atom stereocenters. The molecule has 0 saturated heterocycles. The quantitative estimate of drug-likeness (QED) is 0.559. The highest BCUT2D eigenvalue weighted by Crippen LogP contribution is 2.20. The Bertz CT molecular complexity index is 353. The van der Waals surface area contributed by atoms with Gasteiger partial charge in [0, 0.05) is 0 Å². The minimum Gasteiger partial charge on any atom is -0.394 e. The fraction of sp³-hybridized carbons (Fsp3) is 0.571. The molecule has 0 bridgehead atoms. The first-order chi connectivity index (χ1) is 7.56. The summed E-state index contributed by atoms with van der Waals surface area (Å²) in [5.74, 6) is 0.0267. The van der Waals surface area contributed by atoms with E-state index in [1.165, 1.54) is 0 Å². The summed E-state index contributed by atoms with van der Waals surface area (Å²) in [6.07, 6.45) is 0. The molecule has 0 fully saturated rings. The highest BCUT2D eigenvalue weighted by molar-refractivity contribution is 6.32. The van der Waals surface area contributed by atoms with E-state index in [4.69, 9.17) is 38.5 Å². The van der Waals surface area contributed by atoms with E-state index in [0.717, 1.165) is 0 Å². The normalized spacial score (nSPS) is 11.6. The summed E-state index contributed by atoms with van der Waals surface area (Å²) >= 11 is 11.2. The Balaban J connectivity index is 2.97. The van der Waals surface area contributed by atoms with Gasteiger partial charge in [0.15, 0.2) is 11.0 Å². The molecule has 9 heteroatoms. The van der Waals surface area contributed by atoms with Crippen molar-refractivity contribution < 1.29 is 15.3 Å². The van der Waals surface area contributed by atoms with Crippen LogP contribution in [0, 0.1) is 0 Å². The van der Waals surface area contributed by atoms with Crippen molar-refractivity contribution in [3.8, 4) is 0 Å². The molecule has 0 aliphatic rings. The van der Waals surface area contributed by atoms with Crippen LogP contribution in [0.4, 0.5) is 5.82 Å². The number of halogens is 2. The van der Waals surface area contributed by atoms with Gasteiger partial charge in [-0.15, -0.1) is 10.2 Å². The van der Waals surface area contributed by atoms with Crippen molar-refractivity contribution in [2.45, 2.75) is 5.54 Å². The molecule has 0 saturated carbocycles. The Kier molecular flexibility index (Phi) is 4.63. The number of nitrogens with zero attached hydrogens (tertiary/aromatic N) is 3. The lowest BCUT2D eigenvalue weighted by Crippen LogP contribution is -2.49. The monoisotopic (exact) mass is 268 g/mol. The predicted molar refractivity (Wildman–Crippen MR) is 57.5 cm³/mol. The van der Waals surface area contributed by atoms with Crippen LogP contribution in [0.2, 0.25) is 10.4 Å². The minimum absolute atomic E-state index is 0.0267. The average molecular weight is 269 g/mol. The van der Waals surface area contributed by atoms with Crippen molar-refractivity contribution in [2.24, 2.45) is 0 Å². The number of aliphatic hydroxyl groups is 3. The molecule has 0 aliphatic carbocycles. The Hall–Kier alpha value is -0.730. The molecule has 0 atom stereocenters. The zero-order valence-electron chi connectivity index (χ0n) is 8.06. The number of aromatic nitrogens is 3. The van der Waals surface area contributed by atoms with Gasteiger partial charge in [-0.05, 0) is 11.6 Å². The predicted octanol–water partition coefficient (Wildman–Crippen LogP) is -0.694. The van der Waals surface area contributed by atoms with Crippen LogP contribution in [0.25, 0.3) is 0 Å². The van der Waals surface area contributed by atoms with Crippen LogP contribution in [-0.2, 0) is 0 Å². The standard InChI is InChI=1S/C7H10Cl2N4O3/c8-4-5(10-6(9)13-12-4)11-7(1-14,2-15)3-16/h14-16H,1-3H2,(H,10,11,13). The Labute approximate surface area is 101 Å². The first-order valence-electron chi connectivity index (χ1n) is 4.23. The molecule has 0 spiro atoms. The van der Waals surface area contributed by atoms with Crippen LogP contribution < -0.4 is 5.32 Å². The molecular formula is C7H10Cl2N4O3. The first kappa shape index (κ1) is 13.3. The Morgan fingerprint density at radius 1 is 1.06 bits per heavy atom. The SMILES string of the molecule is OCC(CO)(CO)Nc1nc(Cl)nnc1Cl. The van der Waals surface area contributed by atoms with Crippen LogP contribution in [-0.4, -0.2) is 55.9 Å². The summed E-state index contributed by atoms with van der Waals surface area (Å²) in [7, 11) is 0. The third-order valence-electron chi connectivity index (χ3n) is 1.91. The molecule has 16 heavy (non-hydrogen) atoms. The zero-order valence-corrected chi connectivity index (χ0v) is 9.57. The Morgan fingerprint density at radius 2 is 1.62 bits per heavy atom. The lowest BCUT2D eigenvalue weighted by Gasteiger charge is -2.29. The van der Waals surface area contributed by atoms with E-state index in [0.29, 0.717) is 0 Å². The van der Waals surface area contributed by atoms with Gasteiger partial charge < -0.3 is 20.6 Å². The first-order valence-corrected chi connectivity index (χ1v) is 4.99. The number of rotatable bonds is 5. The molecule has 1 aromatic heterocycles. The fourth-order valence-corrected chi connectivity index (χ4v) is 1.14. The fourth-order valence-electron chi connectivity index (χ4n) is 0.893. The second-order valence-electron chi connectivity index (χ2n) is 3.10. The number of aliphatic hydroxyl groups excluding tert-OH is 3. The van der Waals surface area contributed by atoms with Gasteiger partial charge in [-0.25, -0.2) is 0 Å². The molecule has 0 aliphatic heterocycles. The molecule has 4 N–H and O–H groups in total. The zero-order chi connectivity index (χ0) is 12.2. The van der Waals surface area contributed by atoms with E-state index >= 15 is 0 Å². The second kappa shape index (κ2) is 5.55. The summed E-state index contributed by atoms with van der Waals surface area (Å²) in [6, 6.07) is 0. The lowest BCUT2D eigenvalue weighted by atomic mass is 10.0. The van der Waals surface area contributed by atoms with Gasteiger partial charge in [-0.3, -0.25) is 0 Å². The summed E-state index contributed by atoms with van der Waals surface area (Å²) in [6.45, 7) is -1.55. The maximum absolute atomic E-state index is 9.08. The molecule has 1 heterocycles. The highest BCUT2D eigenvalue weighted by Gasteiger charge is 2.29. The number of hydrogen-bond donors (Lipinski definition) is 4. The van der Waals surface area contributed by atoms with Crippen LogP contribution in [0.5, 0.6) is 0 Å². The third-order valence-corrected chi connectivity index (χ3v) is 2.33. The van der Waals surface area contributed by atoms with Crippen molar-refractivity contribution >= 4 is 29.0 Å². The molecule has 0 radical (unpaired) electrons. The number of nitrogens with one attached hydrogen (secondary N) is 1. The van der Waals surface area contributed by atoms with Crippen LogP contribution in [0.3, 0.4) is 0 Å². The maximum Gasteiger partial charge on any atom is 0.245 e. The van der Waals surface area contributed by atoms with E-state index in [1.54, 1.807) is 0 Å². The van der Waals surface area contributed by atoms with Gasteiger partial charge >= 0.3 is 0 Å². The largest absolute Gasteiger partial charge is 0.394 e. The van der Waals surface area contributed by atoms with Crippen molar-refractivity contribution in [1.29, 1.82) is 0 Å². The molecule has 0 amide bonds. The summed E-state index contributed by atoms with van der Waals surface area (Å²) < 4.78 is 0. The highest BCUT2D eigenvalue weighted by atomic mass is 35.5. The van der Waals surface area contributed by atoms with E-state index < -0.39 is 25.4 Å². The van der Waals surface area contributed by atoms with Crippen molar-refractivity contribution in [3.63, 3.8) is 0 Å². The van der Waals surface area contributed by atoms with E-state index in [2.05, 4.69) is 20.5 Å². The minimum atomic E-state index is -1.34. The van der Waals surface area contributed by atoms with Gasteiger partial charge in [0.1, 0.15) is 5.54 Å². The van der Waals surface area contributed by atoms with Crippen molar-refractivity contribution in [1.82, 2.24) is 15.2 Å². The number of hydrogen-bond acceptors (Lipinski definition) is 7. The van der Waals surface area contributed by atoms with E-state index in [9.17, 15) is 0 Å². The van der Waals surface area contributed by atoms with E-state index in [1.807, 2.05) is 0 Å². The van der Waals surface area contributed by atoms with Crippen molar-refractivity contribution in [3.05, 3.63) is 10.4 Å². The van der Waals surface area contributed by atoms with Crippen LogP contribution >= 0.6 is 23.2 Å². The van der Waals surface area contributed by atoms with Crippen molar-refractivity contribution in [2.75, 3.05) is 25.1 Å². The summed E-state index contributed by atoms with van der Waals surface area (Å²) in [4.78, 5) is 3.72. The molecule has 7 nitrogen and oxygen atoms in total. The molecule has 1 rings (SSSR count). The van der Waals surface area contributed by atoms with E-state index in [-0.39, 0.29) is 16.3 Å². The van der Waals surface area contributed by atoms with Crippen LogP contribution in [0.1, 0.15) is 0 Å². The molecule has 90 valence electrons. The molecular weight excluding hydrogens is 259 g/mol. The van der Waals surface area contributed by atoms with Gasteiger partial charge in [0.05, 0.1) is 19.8 Å².